The molecular weight excluding hydrogens is 196 g/mol. The van der Waals surface area contributed by atoms with Gasteiger partial charge in [0.25, 0.3) is 0 Å². The summed E-state index contributed by atoms with van der Waals surface area (Å²) in [5.74, 6) is 0.844. The normalized spacial score (nSPS) is 35.8. The van der Waals surface area contributed by atoms with Crippen LogP contribution in [0.15, 0.2) is 0 Å². The molecule has 2 nitrogen and oxygen atoms in total. The molecule has 0 unspecified atom stereocenters. The van der Waals surface area contributed by atoms with Gasteiger partial charge in [-0.25, -0.2) is 0 Å². The van der Waals surface area contributed by atoms with E-state index in [4.69, 9.17) is 5.73 Å². The second-order valence-electron chi connectivity index (χ2n) is 7.17. The molecule has 2 heteroatoms. The summed E-state index contributed by atoms with van der Waals surface area (Å²) in [6.45, 7) is 11.8. The fourth-order valence-electron chi connectivity index (χ4n) is 3.81. The van der Waals surface area contributed by atoms with E-state index in [9.17, 15) is 0 Å². The first-order valence-electron chi connectivity index (χ1n) is 6.84. The minimum absolute atomic E-state index is 0.329. The number of rotatable bonds is 0. The van der Waals surface area contributed by atoms with Crippen molar-refractivity contribution in [3.63, 3.8) is 0 Å². The highest BCUT2D eigenvalue weighted by Crippen LogP contribution is 2.48. The van der Waals surface area contributed by atoms with Gasteiger partial charge in [-0.3, -0.25) is 4.90 Å². The van der Waals surface area contributed by atoms with Crippen LogP contribution >= 0.6 is 0 Å². The van der Waals surface area contributed by atoms with E-state index in [1.807, 2.05) is 0 Å². The summed E-state index contributed by atoms with van der Waals surface area (Å²) in [6, 6.07) is 0.463. The molecule has 1 heterocycles. The molecule has 0 bridgehead atoms. The molecule has 2 atom stereocenters. The maximum atomic E-state index is 6.37. The average Bonchev–Trinajstić information content (AvgIpc) is 2.41. The lowest BCUT2D eigenvalue weighted by Gasteiger charge is -2.47. The van der Waals surface area contributed by atoms with Crippen LogP contribution in [-0.2, 0) is 0 Å². The Hall–Kier alpha value is -0.0800. The highest BCUT2D eigenvalue weighted by Gasteiger charge is 2.46. The quantitative estimate of drug-likeness (QED) is 0.685. The Bertz CT molecular complexity index is 246. The Labute approximate surface area is 101 Å². The molecule has 2 N–H and O–H groups in total. The van der Waals surface area contributed by atoms with E-state index < -0.39 is 0 Å². The first-order valence-corrected chi connectivity index (χ1v) is 6.84. The Morgan fingerprint density at radius 3 is 2.12 bits per heavy atom. The van der Waals surface area contributed by atoms with Crippen molar-refractivity contribution in [2.24, 2.45) is 17.1 Å². The monoisotopic (exact) mass is 224 g/mol. The van der Waals surface area contributed by atoms with Crippen LogP contribution in [0.5, 0.6) is 0 Å². The third-order valence-corrected chi connectivity index (χ3v) is 4.91. The van der Waals surface area contributed by atoms with Crippen molar-refractivity contribution < 1.29 is 0 Å². The van der Waals surface area contributed by atoms with Crippen molar-refractivity contribution in [1.82, 2.24) is 4.90 Å². The minimum atomic E-state index is 0.329. The molecule has 0 aromatic rings. The van der Waals surface area contributed by atoms with Crippen molar-refractivity contribution in [3.8, 4) is 0 Å². The van der Waals surface area contributed by atoms with Gasteiger partial charge in [-0.1, -0.05) is 6.92 Å². The Balaban J connectivity index is 1.99. The lowest BCUT2D eigenvalue weighted by atomic mass is 9.73. The van der Waals surface area contributed by atoms with Crippen LogP contribution in [0.1, 0.15) is 53.4 Å². The number of hydrogen-bond donors (Lipinski definition) is 1. The summed E-state index contributed by atoms with van der Waals surface area (Å²) in [6.07, 6.45) is 5.24. The number of hydrogen-bond acceptors (Lipinski definition) is 2. The van der Waals surface area contributed by atoms with E-state index in [0.29, 0.717) is 17.0 Å². The molecule has 1 saturated carbocycles. The second-order valence-corrected chi connectivity index (χ2v) is 7.17. The van der Waals surface area contributed by atoms with Crippen LogP contribution in [0.2, 0.25) is 0 Å². The summed E-state index contributed by atoms with van der Waals surface area (Å²) in [4.78, 5) is 2.62. The van der Waals surface area contributed by atoms with Gasteiger partial charge >= 0.3 is 0 Å². The number of likely N-dealkylation sites (tertiary alicyclic amines) is 1. The van der Waals surface area contributed by atoms with Crippen LogP contribution < -0.4 is 5.73 Å². The van der Waals surface area contributed by atoms with Crippen LogP contribution in [-0.4, -0.2) is 29.6 Å². The summed E-state index contributed by atoms with van der Waals surface area (Å²) in [5, 5.41) is 0. The lowest BCUT2D eigenvalue weighted by Crippen LogP contribution is -2.52. The van der Waals surface area contributed by atoms with E-state index in [1.165, 1.54) is 38.8 Å². The van der Waals surface area contributed by atoms with Crippen LogP contribution in [0, 0.1) is 11.3 Å². The molecule has 0 radical (unpaired) electrons. The third kappa shape index (κ3) is 2.14. The SMILES string of the molecule is C[C@H]1C[C@@H](N)C2(CCN(C(C)(C)C)CC2)C1. The van der Waals surface area contributed by atoms with Crippen LogP contribution in [0.3, 0.4) is 0 Å². The van der Waals surface area contributed by atoms with Gasteiger partial charge in [-0.2, -0.15) is 0 Å². The zero-order chi connectivity index (χ0) is 12.0. The van der Waals surface area contributed by atoms with Crippen molar-refractivity contribution >= 4 is 0 Å². The van der Waals surface area contributed by atoms with E-state index >= 15 is 0 Å². The van der Waals surface area contributed by atoms with Gasteiger partial charge in [0.05, 0.1) is 0 Å². The molecule has 16 heavy (non-hydrogen) atoms. The zero-order valence-corrected chi connectivity index (χ0v) is 11.4. The Morgan fingerprint density at radius 2 is 1.75 bits per heavy atom. The lowest BCUT2D eigenvalue weighted by molar-refractivity contribution is 0.0366. The molecule has 2 aliphatic rings. The van der Waals surface area contributed by atoms with Crippen LogP contribution in [0.25, 0.3) is 0 Å². The van der Waals surface area contributed by atoms with Crippen molar-refractivity contribution in [1.29, 1.82) is 0 Å². The molecule has 0 aromatic heterocycles. The molecule has 0 aromatic carbocycles. The van der Waals surface area contributed by atoms with E-state index in [2.05, 4.69) is 32.6 Å². The molecular formula is C14H28N2. The van der Waals surface area contributed by atoms with Gasteiger partial charge in [0.2, 0.25) is 0 Å². The van der Waals surface area contributed by atoms with Crippen molar-refractivity contribution in [2.45, 2.75) is 65.0 Å². The molecule has 0 amide bonds. The maximum Gasteiger partial charge on any atom is 0.0125 e. The minimum Gasteiger partial charge on any atom is -0.327 e. The highest BCUT2D eigenvalue weighted by atomic mass is 15.2. The number of nitrogens with two attached hydrogens (primary N) is 1. The van der Waals surface area contributed by atoms with E-state index in [1.54, 1.807) is 0 Å². The molecule has 1 spiro atoms. The standard InChI is InChI=1S/C14H28N2/c1-11-9-12(15)14(10-11)5-7-16(8-6-14)13(2,3)4/h11-12H,5-10,15H2,1-4H3/t11-,12+/m0/s1. The van der Waals surface area contributed by atoms with Crippen molar-refractivity contribution in [2.75, 3.05) is 13.1 Å². The summed E-state index contributed by atoms with van der Waals surface area (Å²) < 4.78 is 0. The van der Waals surface area contributed by atoms with E-state index in [-0.39, 0.29) is 0 Å². The highest BCUT2D eigenvalue weighted by molar-refractivity contribution is 5.01. The maximum absolute atomic E-state index is 6.37. The molecule has 1 aliphatic carbocycles. The zero-order valence-electron chi connectivity index (χ0n) is 11.4. The third-order valence-electron chi connectivity index (χ3n) is 4.91. The summed E-state index contributed by atoms with van der Waals surface area (Å²) in [5.41, 5.74) is 7.19. The predicted octanol–water partition coefficient (Wildman–Crippen LogP) is 2.62. The largest absolute Gasteiger partial charge is 0.327 e. The van der Waals surface area contributed by atoms with Gasteiger partial charge in [0.1, 0.15) is 0 Å². The number of nitrogens with zero attached hydrogens (tertiary/aromatic N) is 1. The van der Waals surface area contributed by atoms with Gasteiger partial charge in [-0.05, 0) is 70.9 Å². The Morgan fingerprint density at radius 1 is 1.19 bits per heavy atom. The van der Waals surface area contributed by atoms with E-state index in [0.717, 1.165) is 5.92 Å². The molecule has 1 aliphatic heterocycles. The predicted molar refractivity (Wildman–Crippen MR) is 69.4 cm³/mol. The molecule has 94 valence electrons. The fraction of sp³-hybridized carbons (Fsp3) is 1.00. The molecule has 1 saturated heterocycles. The summed E-state index contributed by atoms with van der Waals surface area (Å²) >= 11 is 0. The van der Waals surface area contributed by atoms with Crippen molar-refractivity contribution in [3.05, 3.63) is 0 Å². The fourth-order valence-corrected chi connectivity index (χ4v) is 3.81. The Kier molecular flexibility index (Phi) is 3.09. The molecule has 2 rings (SSSR count). The van der Waals surface area contributed by atoms with Gasteiger partial charge < -0.3 is 5.73 Å². The summed E-state index contributed by atoms with van der Waals surface area (Å²) in [7, 11) is 0. The van der Waals surface area contributed by atoms with Gasteiger partial charge in [0, 0.05) is 11.6 Å². The smallest absolute Gasteiger partial charge is 0.0125 e. The average molecular weight is 224 g/mol. The number of piperidine rings is 1. The first kappa shape index (κ1) is 12.4. The van der Waals surface area contributed by atoms with Gasteiger partial charge in [0.15, 0.2) is 0 Å². The topological polar surface area (TPSA) is 29.3 Å². The van der Waals surface area contributed by atoms with Gasteiger partial charge in [-0.15, -0.1) is 0 Å². The first-order chi connectivity index (χ1) is 7.33. The van der Waals surface area contributed by atoms with Crippen LogP contribution in [0.4, 0.5) is 0 Å². The second kappa shape index (κ2) is 3.99. The molecule has 2 fully saturated rings.